The largest absolute Gasteiger partial charge is 0.454 e. The smallest absolute Gasteiger partial charge is 0.327 e. The van der Waals surface area contributed by atoms with Gasteiger partial charge in [0.15, 0.2) is 6.61 Å². The molecule has 3 aromatic carbocycles. The Labute approximate surface area is 209 Å². The van der Waals surface area contributed by atoms with E-state index < -0.39 is 40.7 Å². The zero-order chi connectivity index (χ0) is 26.1. The predicted molar refractivity (Wildman–Crippen MR) is 134 cm³/mol. The van der Waals surface area contributed by atoms with Gasteiger partial charge >= 0.3 is 5.97 Å². The van der Waals surface area contributed by atoms with Crippen molar-refractivity contribution in [1.29, 1.82) is 0 Å². The number of rotatable bonds is 10. The Morgan fingerprint density at radius 1 is 0.917 bits per heavy atom. The molecular formula is C25H26N4O6S. The zero-order valence-corrected chi connectivity index (χ0v) is 20.5. The number of sulfonamides is 1. The third-order valence-electron chi connectivity index (χ3n) is 4.88. The molecule has 2 atom stereocenters. The Balaban J connectivity index is 1.53. The van der Waals surface area contributed by atoms with E-state index in [1.807, 2.05) is 30.3 Å². The van der Waals surface area contributed by atoms with E-state index in [1.54, 1.807) is 43.3 Å². The number of hydrogen-bond acceptors (Lipinski definition) is 8. The Morgan fingerprint density at radius 2 is 1.50 bits per heavy atom. The highest BCUT2D eigenvalue weighted by atomic mass is 32.2. The minimum absolute atomic E-state index is 0.0731. The number of nitrogens with one attached hydrogen (secondary N) is 2. The van der Waals surface area contributed by atoms with Crippen LogP contribution in [0.4, 0.5) is 17.1 Å². The number of hydrogen-bond donors (Lipinski definition) is 3. The second-order valence-electron chi connectivity index (χ2n) is 7.89. The molecule has 11 heteroatoms. The van der Waals surface area contributed by atoms with Gasteiger partial charge in [0.2, 0.25) is 10.0 Å². The van der Waals surface area contributed by atoms with Crippen LogP contribution in [0.15, 0.2) is 94.0 Å². The predicted octanol–water partition coefficient (Wildman–Crippen LogP) is 3.62. The van der Waals surface area contributed by atoms with E-state index >= 15 is 0 Å². The van der Waals surface area contributed by atoms with Crippen LogP contribution in [0.25, 0.3) is 0 Å². The van der Waals surface area contributed by atoms with E-state index in [2.05, 4.69) is 20.3 Å². The van der Waals surface area contributed by atoms with Gasteiger partial charge < -0.3 is 15.2 Å². The van der Waals surface area contributed by atoms with Crippen LogP contribution in [0, 0.1) is 6.92 Å². The van der Waals surface area contributed by atoms with E-state index in [0.29, 0.717) is 17.1 Å². The van der Waals surface area contributed by atoms with Crippen LogP contribution >= 0.6 is 0 Å². The Kier molecular flexibility index (Phi) is 9.01. The summed E-state index contributed by atoms with van der Waals surface area (Å²) in [6.07, 6.45) is -1.40. The summed E-state index contributed by atoms with van der Waals surface area (Å²) >= 11 is 0. The first-order chi connectivity index (χ1) is 17.1. The van der Waals surface area contributed by atoms with Crippen molar-refractivity contribution in [3.63, 3.8) is 0 Å². The number of anilines is 1. The molecule has 0 saturated heterocycles. The molecule has 0 aliphatic carbocycles. The number of benzene rings is 3. The molecule has 0 fully saturated rings. The molecule has 1 amide bonds. The lowest BCUT2D eigenvalue weighted by Crippen LogP contribution is -2.48. The first-order valence-corrected chi connectivity index (χ1v) is 12.4. The number of aliphatic hydroxyl groups is 1. The Bertz CT molecular complexity index is 1310. The van der Waals surface area contributed by atoms with Crippen LogP contribution in [-0.4, -0.2) is 44.2 Å². The van der Waals surface area contributed by atoms with Crippen molar-refractivity contribution in [2.45, 2.75) is 30.9 Å². The van der Waals surface area contributed by atoms with E-state index in [-0.39, 0.29) is 4.90 Å². The Morgan fingerprint density at radius 3 is 2.08 bits per heavy atom. The van der Waals surface area contributed by atoms with Crippen LogP contribution in [0.5, 0.6) is 0 Å². The first kappa shape index (κ1) is 26.7. The zero-order valence-electron chi connectivity index (χ0n) is 19.7. The number of amides is 1. The third kappa shape index (κ3) is 7.80. The van der Waals surface area contributed by atoms with Crippen molar-refractivity contribution in [1.82, 2.24) is 4.72 Å². The molecule has 0 heterocycles. The standard InChI is InChI=1S/C25H26N4O6S/c1-17-8-14-22(15-9-17)36(33,34)29-24(18(2)30)25(32)35-16-23(31)26-19-10-12-21(13-11-19)28-27-20-6-4-3-5-7-20/h3-15,18,24,29-30H,16H2,1-2H3,(H,26,31)/t18-,24-/m1/s1. The molecule has 3 rings (SSSR count). The third-order valence-corrected chi connectivity index (χ3v) is 6.34. The summed E-state index contributed by atoms with van der Waals surface area (Å²) < 4.78 is 32.2. The van der Waals surface area contributed by atoms with Crippen LogP contribution < -0.4 is 10.0 Å². The molecule has 0 aromatic heterocycles. The molecule has 0 radical (unpaired) electrons. The number of aryl methyl sites for hydroxylation is 1. The highest BCUT2D eigenvalue weighted by molar-refractivity contribution is 7.89. The number of nitrogens with zero attached hydrogens (tertiary/aromatic N) is 2. The molecule has 188 valence electrons. The average Bonchev–Trinajstić information content (AvgIpc) is 2.86. The van der Waals surface area contributed by atoms with Gasteiger partial charge in [-0.05, 0) is 62.4 Å². The van der Waals surface area contributed by atoms with Gasteiger partial charge in [0.1, 0.15) is 6.04 Å². The van der Waals surface area contributed by atoms with Crippen molar-refractivity contribution in [3.8, 4) is 0 Å². The molecule has 0 aliphatic rings. The molecule has 3 N–H and O–H groups in total. The van der Waals surface area contributed by atoms with Crippen molar-refractivity contribution in [3.05, 3.63) is 84.4 Å². The molecule has 0 unspecified atom stereocenters. The number of carbonyl (C=O) groups is 2. The molecular weight excluding hydrogens is 484 g/mol. The fraction of sp³-hybridized carbons (Fsp3) is 0.200. The van der Waals surface area contributed by atoms with E-state index in [4.69, 9.17) is 4.74 Å². The van der Waals surface area contributed by atoms with Gasteiger partial charge in [-0.3, -0.25) is 9.59 Å². The van der Waals surface area contributed by atoms with E-state index in [1.165, 1.54) is 19.1 Å². The number of aliphatic hydroxyl groups excluding tert-OH is 1. The van der Waals surface area contributed by atoms with Crippen LogP contribution in [0.2, 0.25) is 0 Å². The van der Waals surface area contributed by atoms with Gasteiger partial charge in [0.25, 0.3) is 5.91 Å². The quantitative estimate of drug-likeness (QED) is 0.280. The van der Waals surface area contributed by atoms with Gasteiger partial charge in [-0.1, -0.05) is 35.9 Å². The average molecular weight is 511 g/mol. The van der Waals surface area contributed by atoms with Crippen molar-refractivity contribution in [2.24, 2.45) is 10.2 Å². The molecule has 3 aromatic rings. The number of ether oxygens (including phenoxy) is 1. The second-order valence-corrected chi connectivity index (χ2v) is 9.60. The fourth-order valence-electron chi connectivity index (χ4n) is 2.94. The molecule has 36 heavy (non-hydrogen) atoms. The summed E-state index contributed by atoms with van der Waals surface area (Å²) in [7, 11) is -4.11. The normalized spacial score (nSPS) is 13.2. The molecule has 0 bridgehead atoms. The van der Waals surface area contributed by atoms with E-state index in [0.717, 1.165) is 5.56 Å². The lowest BCUT2D eigenvalue weighted by molar-refractivity contribution is -0.151. The molecule has 10 nitrogen and oxygen atoms in total. The maximum Gasteiger partial charge on any atom is 0.327 e. The van der Waals surface area contributed by atoms with Crippen molar-refractivity contribution < 1.29 is 27.9 Å². The SMILES string of the molecule is Cc1ccc(S(=O)(=O)N[C@@H](C(=O)OCC(=O)Nc2ccc(N=Nc3ccccc3)cc2)[C@@H](C)O)cc1. The van der Waals surface area contributed by atoms with Gasteiger partial charge in [-0.15, -0.1) is 0 Å². The highest BCUT2D eigenvalue weighted by Gasteiger charge is 2.31. The minimum atomic E-state index is -4.11. The van der Waals surface area contributed by atoms with E-state index in [9.17, 15) is 23.1 Å². The summed E-state index contributed by atoms with van der Waals surface area (Å²) in [5.41, 5.74) is 2.57. The first-order valence-electron chi connectivity index (χ1n) is 10.9. The van der Waals surface area contributed by atoms with Gasteiger partial charge in [-0.2, -0.15) is 15.0 Å². The number of esters is 1. The monoisotopic (exact) mass is 510 g/mol. The number of azo groups is 1. The molecule has 0 saturated carbocycles. The topological polar surface area (TPSA) is 147 Å². The van der Waals surface area contributed by atoms with Crippen LogP contribution in [0.1, 0.15) is 12.5 Å². The second kappa shape index (κ2) is 12.2. The maximum absolute atomic E-state index is 12.6. The van der Waals surface area contributed by atoms with Gasteiger partial charge in [-0.25, -0.2) is 8.42 Å². The lowest BCUT2D eigenvalue weighted by atomic mass is 10.2. The summed E-state index contributed by atoms with van der Waals surface area (Å²) in [5.74, 6) is -1.74. The van der Waals surface area contributed by atoms with Crippen molar-refractivity contribution in [2.75, 3.05) is 11.9 Å². The van der Waals surface area contributed by atoms with Crippen molar-refractivity contribution >= 4 is 39.0 Å². The Hall–Kier alpha value is -3.93. The van der Waals surface area contributed by atoms with Gasteiger partial charge in [0.05, 0.1) is 22.4 Å². The summed E-state index contributed by atoms with van der Waals surface area (Å²) in [5, 5.41) is 20.7. The van der Waals surface area contributed by atoms with Crippen LogP contribution in [0.3, 0.4) is 0 Å². The number of carbonyl (C=O) groups excluding carboxylic acids is 2. The summed E-state index contributed by atoms with van der Waals surface area (Å²) in [6, 6.07) is 20.1. The summed E-state index contributed by atoms with van der Waals surface area (Å²) in [4.78, 5) is 24.6. The summed E-state index contributed by atoms with van der Waals surface area (Å²) in [6.45, 7) is 2.36. The maximum atomic E-state index is 12.6. The van der Waals surface area contributed by atoms with Gasteiger partial charge in [0, 0.05) is 5.69 Å². The molecule has 0 aliphatic heterocycles. The molecule has 0 spiro atoms. The highest BCUT2D eigenvalue weighted by Crippen LogP contribution is 2.20. The van der Waals surface area contributed by atoms with Crippen LogP contribution in [-0.2, 0) is 24.3 Å². The minimum Gasteiger partial charge on any atom is -0.454 e. The fourth-order valence-corrected chi connectivity index (χ4v) is 4.20. The lowest BCUT2D eigenvalue weighted by Gasteiger charge is -2.20.